The largest absolute Gasteiger partial charge is 0.496 e. The first kappa shape index (κ1) is 19.8. The Morgan fingerprint density at radius 1 is 1.17 bits per heavy atom. The Kier molecular flexibility index (Phi) is 7.55. The lowest BCUT2D eigenvalue weighted by molar-refractivity contribution is -0.128. The summed E-state index contributed by atoms with van der Waals surface area (Å²) in [6, 6.07) is 6.10. The maximum atomic E-state index is 11.8. The smallest absolute Gasteiger partial charge is 0.225 e. The first-order valence-corrected chi connectivity index (χ1v) is 8.14. The lowest BCUT2D eigenvalue weighted by Gasteiger charge is -2.18. The summed E-state index contributed by atoms with van der Waals surface area (Å²) in [6.07, 6.45) is 0. The van der Waals surface area contributed by atoms with Gasteiger partial charge in [0, 0.05) is 37.7 Å². The minimum Gasteiger partial charge on any atom is -0.496 e. The third-order valence-electron chi connectivity index (χ3n) is 3.50. The summed E-state index contributed by atoms with van der Waals surface area (Å²) < 4.78 is 5.40. The van der Waals surface area contributed by atoms with Gasteiger partial charge in [0.15, 0.2) is 5.96 Å². The fraction of sp³-hybridized carbons (Fsp3) is 0.556. The van der Waals surface area contributed by atoms with Crippen molar-refractivity contribution in [1.82, 2.24) is 16.0 Å². The van der Waals surface area contributed by atoms with E-state index in [0.717, 1.165) is 16.9 Å². The zero-order valence-corrected chi connectivity index (χ0v) is 15.6. The zero-order valence-electron chi connectivity index (χ0n) is 15.6. The van der Waals surface area contributed by atoms with Crippen molar-refractivity contribution in [3.05, 3.63) is 29.3 Å². The van der Waals surface area contributed by atoms with Gasteiger partial charge in [0.1, 0.15) is 5.75 Å². The average molecular weight is 334 g/mol. The Hall–Kier alpha value is -2.24. The summed E-state index contributed by atoms with van der Waals surface area (Å²) in [4.78, 5) is 16.0. The van der Waals surface area contributed by atoms with Crippen LogP contribution in [0.15, 0.2) is 23.2 Å². The number of guanidine groups is 1. The fourth-order valence-corrected chi connectivity index (χ4v) is 2.02. The fourth-order valence-electron chi connectivity index (χ4n) is 2.02. The van der Waals surface area contributed by atoms with E-state index in [1.165, 1.54) is 0 Å². The summed E-state index contributed by atoms with van der Waals surface area (Å²) in [5.41, 5.74) is 1.85. The van der Waals surface area contributed by atoms with Gasteiger partial charge in [0.2, 0.25) is 5.91 Å². The third kappa shape index (κ3) is 6.48. The second kappa shape index (κ2) is 9.15. The molecule has 3 N–H and O–H groups in total. The highest BCUT2D eigenvalue weighted by molar-refractivity contribution is 5.81. The van der Waals surface area contributed by atoms with E-state index in [0.29, 0.717) is 25.6 Å². The van der Waals surface area contributed by atoms with Crippen molar-refractivity contribution < 1.29 is 9.53 Å². The highest BCUT2D eigenvalue weighted by atomic mass is 16.5. The van der Waals surface area contributed by atoms with Crippen molar-refractivity contribution in [2.24, 2.45) is 10.4 Å². The average Bonchev–Trinajstić information content (AvgIpc) is 2.53. The predicted molar refractivity (Wildman–Crippen MR) is 98.4 cm³/mol. The molecular formula is C18H30N4O2. The molecule has 0 spiro atoms. The quantitative estimate of drug-likeness (QED) is 0.421. The van der Waals surface area contributed by atoms with E-state index in [1.54, 1.807) is 14.2 Å². The summed E-state index contributed by atoms with van der Waals surface area (Å²) in [7, 11) is 3.39. The van der Waals surface area contributed by atoms with Crippen LogP contribution in [0.25, 0.3) is 0 Å². The van der Waals surface area contributed by atoms with Gasteiger partial charge < -0.3 is 20.7 Å². The minimum atomic E-state index is -0.373. The van der Waals surface area contributed by atoms with E-state index in [1.807, 2.05) is 39.8 Å². The number of ether oxygens (including phenoxy) is 1. The number of hydrogen-bond donors (Lipinski definition) is 3. The molecule has 1 amide bonds. The first-order valence-electron chi connectivity index (χ1n) is 8.14. The molecular weight excluding hydrogens is 304 g/mol. The van der Waals surface area contributed by atoms with Crippen molar-refractivity contribution >= 4 is 11.9 Å². The van der Waals surface area contributed by atoms with Gasteiger partial charge in [-0.3, -0.25) is 9.79 Å². The van der Waals surface area contributed by atoms with Crippen LogP contribution in [-0.2, 0) is 11.3 Å². The van der Waals surface area contributed by atoms with Gasteiger partial charge in [-0.1, -0.05) is 32.9 Å². The molecule has 0 unspecified atom stereocenters. The number of nitrogens with zero attached hydrogens (tertiary/aromatic N) is 1. The highest BCUT2D eigenvalue weighted by Gasteiger charge is 2.20. The van der Waals surface area contributed by atoms with E-state index >= 15 is 0 Å². The summed E-state index contributed by atoms with van der Waals surface area (Å²) in [5.74, 6) is 1.58. The van der Waals surface area contributed by atoms with Gasteiger partial charge in [-0.25, -0.2) is 0 Å². The van der Waals surface area contributed by atoms with Crippen molar-refractivity contribution in [2.45, 2.75) is 34.2 Å². The van der Waals surface area contributed by atoms with Gasteiger partial charge in [-0.05, 0) is 18.6 Å². The second-order valence-corrected chi connectivity index (χ2v) is 6.67. The maximum absolute atomic E-state index is 11.8. The lowest BCUT2D eigenvalue weighted by Crippen LogP contribution is -2.43. The molecule has 0 saturated carbocycles. The Morgan fingerprint density at radius 3 is 2.42 bits per heavy atom. The Balaban J connectivity index is 2.42. The standard InChI is InChI=1S/C18H30N4O2/c1-13-7-8-14(15(11-13)24-6)12-22-17(19-5)21-10-9-20-16(23)18(2,3)4/h7-8,11H,9-10,12H2,1-6H3,(H,20,23)(H2,19,21,22). The van der Waals surface area contributed by atoms with Crippen LogP contribution in [-0.4, -0.2) is 39.1 Å². The van der Waals surface area contributed by atoms with E-state index in [9.17, 15) is 4.79 Å². The third-order valence-corrected chi connectivity index (χ3v) is 3.50. The molecule has 1 rings (SSSR count). The van der Waals surface area contributed by atoms with Gasteiger partial charge in [-0.15, -0.1) is 0 Å². The van der Waals surface area contributed by atoms with Gasteiger partial charge in [0.25, 0.3) is 0 Å². The van der Waals surface area contributed by atoms with Gasteiger partial charge in [0.05, 0.1) is 7.11 Å². The number of amides is 1. The van der Waals surface area contributed by atoms with Gasteiger partial charge in [-0.2, -0.15) is 0 Å². The lowest BCUT2D eigenvalue weighted by atomic mass is 9.96. The number of rotatable bonds is 6. The molecule has 0 aliphatic carbocycles. The molecule has 0 heterocycles. The molecule has 0 bridgehead atoms. The number of hydrogen-bond acceptors (Lipinski definition) is 3. The Bertz CT molecular complexity index is 577. The van der Waals surface area contributed by atoms with Gasteiger partial charge >= 0.3 is 0 Å². The SMILES string of the molecule is CN=C(NCCNC(=O)C(C)(C)C)NCc1ccc(C)cc1OC. The van der Waals surface area contributed by atoms with Crippen LogP contribution in [0, 0.1) is 12.3 Å². The number of aliphatic imine (C=N–C) groups is 1. The van der Waals surface area contributed by atoms with E-state index in [-0.39, 0.29) is 11.3 Å². The molecule has 0 radical (unpaired) electrons. The van der Waals surface area contributed by atoms with Crippen molar-refractivity contribution in [3.63, 3.8) is 0 Å². The Morgan fingerprint density at radius 2 is 1.83 bits per heavy atom. The molecule has 24 heavy (non-hydrogen) atoms. The van der Waals surface area contributed by atoms with Crippen LogP contribution < -0.4 is 20.7 Å². The van der Waals surface area contributed by atoms with Crippen molar-refractivity contribution in [3.8, 4) is 5.75 Å². The molecule has 0 atom stereocenters. The number of benzene rings is 1. The normalized spacial score (nSPS) is 11.8. The second-order valence-electron chi connectivity index (χ2n) is 6.67. The summed E-state index contributed by atoms with van der Waals surface area (Å²) >= 11 is 0. The van der Waals surface area contributed by atoms with E-state index < -0.39 is 0 Å². The Labute approximate surface area is 145 Å². The van der Waals surface area contributed by atoms with E-state index in [4.69, 9.17) is 4.74 Å². The molecule has 0 aliphatic heterocycles. The van der Waals surface area contributed by atoms with Crippen LogP contribution in [0.4, 0.5) is 0 Å². The minimum absolute atomic E-state index is 0.0386. The molecule has 1 aromatic carbocycles. The number of carbonyl (C=O) groups is 1. The molecule has 1 aromatic rings. The van der Waals surface area contributed by atoms with Crippen molar-refractivity contribution in [1.29, 1.82) is 0 Å². The number of carbonyl (C=O) groups excluding carboxylic acids is 1. The molecule has 6 nitrogen and oxygen atoms in total. The van der Waals surface area contributed by atoms with Crippen LogP contribution in [0.3, 0.4) is 0 Å². The zero-order chi connectivity index (χ0) is 18.2. The number of nitrogens with one attached hydrogen (secondary N) is 3. The topological polar surface area (TPSA) is 74.8 Å². The summed E-state index contributed by atoms with van der Waals surface area (Å²) in [5, 5.41) is 9.32. The molecule has 0 aromatic heterocycles. The summed E-state index contributed by atoms with van der Waals surface area (Å²) in [6.45, 7) is 9.47. The molecule has 0 fully saturated rings. The monoisotopic (exact) mass is 334 g/mol. The maximum Gasteiger partial charge on any atom is 0.225 e. The van der Waals surface area contributed by atoms with Crippen molar-refractivity contribution in [2.75, 3.05) is 27.2 Å². The number of methoxy groups -OCH3 is 1. The predicted octanol–water partition coefficient (Wildman–Crippen LogP) is 1.83. The molecule has 6 heteroatoms. The highest BCUT2D eigenvalue weighted by Crippen LogP contribution is 2.19. The van der Waals surface area contributed by atoms with Crippen LogP contribution in [0.1, 0.15) is 31.9 Å². The molecule has 134 valence electrons. The van der Waals surface area contributed by atoms with E-state index in [2.05, 4.69) is 27.0 Å². The molecule has 0 saturated heterocycles. The van der Waals surface area contributed by atoms with Crippen LogP contribution in [0.2, 0.25) is 0 Å². The van der Waals surface area contributed by atoms with Crippen LogP contribution in [0.5, 0.6) is 5.75 Å². The number of aryl methyl sites for hydroxylation is 1. The molecule has 0 aliphatic rings. The van der Waals surface area contributed by atoms with Crippen LogP contribution >= 0.6 is 0 Å². The first-order chi connectivity index (χ1) is 11.3.